The SMILES string of the molecule is CCOC(C(N)=O)(c1c(C)cc(Cl)cc1C)C1(C#N)CCN(OC)CC1. The fraction of sp³-hybridized carbons (Fsp3) is 0.579. The van der Waals surface area contributed by atoms with E-state index in [4.69, 9.17) is 26.9 Å². The predicted octanol–water partition coefficient (Wildman–Crippen LogP) is 2.84. The lowest BCUT2D eigenvalue weighted by molar-refractivity contribution is -0.195. The Kier molecular flexibility index (Phi) is 6.30. The monoisotopic (exact) mass is 379 g/mol. The quantitative estimate of drug-likeness (QED) is 0.820. The van der Waals surface area contributed by atoms with Crippen LogP contribution in [0.15, 0.2) is 12.1 Å². The predicted molar refractivity (Wildman–Crippen MR) is 99.3 cm³/mol. The van der Waals surface area contributed by atoms with Gasteiger partial charge in [-0.3, -0.25) is 4.79 Å². The maximum atomic E-state index is 12.9. The molecule has 0 spiro atoms. The first-order chi connectivity index (χ1) is 12.3. The summed E-state index contributed by atoms with van der Waals surface area (Å²) in [5, 5.41) is 12.5. The van der Waals surface area contributed by atoms with E-state index in [2.05, 4.69) is 6.07 Å². The average molecular weight is 380 g/mol. The first-order valence-electron chi connectivity index (χ1n) is 8.69. The summed E-state index contributed by atoms with van der Waals surface area (Å²) < 4.78 is 6.08. The molecule has 1 atom stereocenters. The summed E-state index contributed by atoms with van der Waals surface area (Å²) in [5.41, 5.74) is 5.50. The number of carbonyl (C=O) groups excluding carboxylic acids is 1. The van der Waals surface area contributed by atoms with Crippen molar-refractivity contribution in [2.45, 2.75) is 39.2 Å². The van der Waals surface area contributed by atoms with Crippen molar-refractivity contribution in [1.29, 1.82) is 5.26 Å². The highest BCUT2D eigenvalue weighted by atomic mass is 35.5. The molecule has 1 fully saturated rings. The Bertz CT molecular complexity index is 700. The topological polar surface area (TPSA) is 88.6 Å². The van der Waals surface area contributed by atoms with Crippen molar-refractivity contribution in [3.63, 3.8) is 0 Å². The first-order valence-corrected chi connectivity index (χ1v) is 9.07. The lowest BCUT2D eigenvalue weighted by Gasteiger charge is -2.48. The summed E-state index contributed by atoms with van der Waals surface area (Å²) in [6, 6.07) is 5.94. The van der Waals surface area contributed by atoms with Gasteiger partial charge in [-0.05, 0) is 56.9 Å². The van der Waals surface area contributed by atoms with Crippen LogP contribution >= 0.6 is 11.6 Å². The second-order valence-electron chi connectivity index (χ2n) is 6.70. The third-order valence-electron chi connectivity index (χ3n) is 5.28. The van der Waals surface area contributed by atoms with Crippen LogP contribution in [0.25, 0.3) is 0 Å². The molecule has 1 aliphatic rings. The van der Waals surface area contributed by atoms with Crippen molar-refractivity contribution in [3.05, 3.63) is 33.8 Å². The van der Waals surface area contributed by atoms with E-state index in [0.29, 0.717) is 36.5 Å². The number of nitrogens with two attached hydrogens (primary N) is 1. The van der Waals surface area contributed by atoms with Crippen molar-refractivity contribution in [2.24, 2.45) is 11.1 Å². The Hall–Kier alpha value is -1.65. The van der Waals surface area contributed by atoms with Gasteiger partial charge in [0.1, 0.15) is 5.41 Å². The average Bonchev–Trinajstić information content (AvgIpc) is 2.59. The molecular weight excluding hydrogens is 354 g/mol. The molecule has 1 aliphatic heterocycles. The number of hydrogen-bond acceptors (Lipinski definition) is 5. The van der Waals surface area contributed by atoms with Crippen molar-refractivity contribution in [1.82, 2.24) is 5.06 Å². The van der Waals surface area contributed by atoms with Gasteiger partial charge in [-0.25, -0.2) is 0 Å². The van der Waals surface area contributed by atoms with Crippen LogP contribution < -0.4 is 5.73 Å². The van der Waals surface area contributed by atoms with Gasteiger partial charge in [-0.1, -0.05) is 11.6 Å². The second-order valence-corrected chi connectivity index (χ2v) is 7.13. The minimum Gasteiger partial charge on any atom is -0.367 e. The summed E-state index contributed by atoms with van der Waals surface area (Å²) in [4.78, 5) is 18.2. The Labute approximate surface area is 159 Å². The van der Waals surface area contributed by atoms with E-state index in [1.807, 2.05) is 13.8 Å². The van der Waals surface area contributed by atoms with E-state index in [1.54, 1.807) is 31.2 Å². The van der Waals surface area contributed by atoms with E-state index in [-0.39, 0.29) is 6.61 Å². The van der Waals surface area contributed by atoms with Crippen LogP contribution in [0.5, 0.6) is 0 Å². The van der Waals surface area contributed by atoms with Crippen molar-refractivity contribution in [3.8, 4) is 6.07 Å². The van der Waals surface area contributed by atoms with Crippen LogP contribution in [-0.4, -0.2) is 37.8 Å². The number of aryl methyl sites for hydroxylation is 2. The van der Waals surface area contributed by atoms with Crippen LogP contribution in [0.4, 0.5) is 0 Å². The number of halogens is 1. The van der Waals surface area contributed by atoms with Crippen molar-refractivity contribution >= 4 is 17.5 Å². The van der Waals surface area contributed by atoms with Gasteiger partial charge in [0.15, 0.2) is 5.60 Å². The van der Waals surface area contributed by atoms with Gasteiger partial charge in [0.2, 0.25) is 0 Å². The van der Waals surface area contributed by atoms with Gasteiger partial charge in [0.05, 0.1) is 13.2 Å². The summed E-state index contributed by atoms with van der Waals surface area (Å²) in [7, 11) is 1.59. The second kappa shape index (κ2) is 7.93. The molecule has 6 nitrogen and oxygen atoms in total. The third kappa shape index (κ3) is 3.21. The van der Waals surface area contributed by atoms with Gasteiger partial charge in [0.25, 0.3) is 5.91 Å². The molecule has 1 heterocycles. The summed E-state index contributed by atoms with van der Waals surface area (Å²) in [6.45, 7) is 6.80. The highest BCUT2D eigenvalue weighted by Crippen LogP contribution is 2.51. The Morgan fingerprint density at radius 1 is 1.38 bits per heavy atom. The van der Waals surface area contributed by atoms with E-state index >= 15 is 0 Å². The van der Waals surface area contributed by atoms with Crippen LogP contribution in [0, 0.1) is 30.6 Å². The molecule has 142 valence electrons. The molecule has 1 unspecified atom stereocenters. The van der Waals surface area contributed by atoms with Crippen molar-refractivity contribution < 1.29 is 14.4 Å². The first kappa shape index (κ1) is 20.7. The number of carbonyl (C=O) groups is 1. The fourth-order valence-electron chi connectivity index (χ4n) is 4.16. The van der Waals surface area contributed by atoms with Crippen molar-refractivity contribution in [2.75, 3.05) is 26.8 Å². The van der Waals surface area contributed by atoms with E-state index in [0.717, 1.165) is 11.1 Å². The third-order valence-corrected chi connectivity index (χ3v) is 5.50. The smallest absolute Gasteiger partial charge is 0.256 e. The normalized spacial score (nSPS) is 19.5. The summed E-state index contributed by atoms with van der Waals surface area (Å²) in [5.74, 6) is -0.653. The molecule has 0 saturated carbocycles. The number of hydroxylamine groups is 2. The van der Waals surface area contributed by atoms with Crippen LogP contribution in [0.1, 0.15) is 36.5 Å². The lowest BCUT2D eigenvalue weighted by atomic mass is 9.62. The fourth-order valence-corrected chi connectivity index (χ4v) is 4.48. The molecule has 0 bridgehead atoms. The number of nitriles is 1. The van der Waals surface area contributed by atoms with E-state index in [9.17, 15) is 10.1 Å². The largest absolute Gasteiger partial charge is 0.367 e. The number of hydrogen-bond donors (Lipinski definition) is 1. The number of piperidine rings is 1. The summed E-state index contributed by atoms with van der Waals surface area (Å²) >= 11 is 6.18. The number of rotatable bonds is 6. The number of primary amides is 1. The number of amides is 1. The van der Waals surface area contributed by atoms with Gasteiger partial charge < -0.3 is 15.3 Å². The van der Waals surface area contributed by atoms with Crippen LogP contribution in [-0.2, 0) is 20.0 Å². The van der Waals surface area contributed by atoms with Crippen LogP contribution in [0.3, 0.4) is 0 Å². The zero-order chi connectivity index (χ0) is 19.5. The molecule has 2 rings (SSSR count). The molecule has 7 heteroatoms. The number of benzene rings is 1. The van der Waals surface area contributed by atoms with Crippen LogP contribution in [0.2, 0.25) is 5.02 Å². The molecule has 0 radical (unpaired) electrons. The molecule has 1 amide bonds. The molecule has 1 aromatic carbocycles. The number of nitrogens with zero attached hydrogens (tertiary/aromatic N) is 2. The molecule has 2 N–H and O–H groups in total. The highest BCUT2D eigenvalue weighted by molar-refractivity contribution is 6.30. The summed E-state index contributed by atoms with van der Waals surface area (Å²) in [6.07, 6.45) is 0.809. The van der Waals surface area contributed by atoms with Gasteiger partial charge >= 0.3 is 0 Å². The lowest BCUT2D eigenvalue weighted by Crippen LogP contribution is -2.59. The Morgan fingerprint density at radius 3 is 2.31 bits per heavy atom. The maximum Gasteiger partial charge on any atom is 0.256 e. The minimum absolute atomic E-state index is 0.252. The Morgan fingerprint density at radius 2 is 1.92 bits per heavy atom. The highest BCUT2D eigenvalue weighted by Gasteiger charge is 2.60. The van der Waals surface area contributed by atoms with Gasteiger partial charge in [-0.2, -0.15) is 10.3 Å². The molecular formula is C19H26ClN3O3. The Balaban J connectivity index is 2.75. The number of ether oxygens (including phenoxy) is 1. The molecule has 26 heavy (non-hydrogen) atoms. The maximum absolute atomic E-state index is 12.9. The standard InChI is InChI=1S/C19H26ClN3O3/c1-5-26-19(17(22)24,16-13(2)10-15(20)11-14(16)3)18(12-21)6-8-23(25-4)9-7-18/h10-11H,5-9H2,1-4H3,(H2,22,24). The zero-order valence-electron chi connectivity index (χ0n) is 15.8. The van der Waals surface area contributed by atoms with Gasteiger partial charge in [0, 0.05) is 30.3 Å². The minimum atomic E-state index is -1.55. The molecule has 0 aliphatic carbocycles. The van der Waals surface area contributed by atoms with E-state index in [1.165, 1.54) is 0 Å². The molecule has 1 aromatic rings. The van der Waals surface area contributed by atoms with Gasteiger partial charge in [-0.15, -0.1) is 0 Å². The molecule has 0 aromatic heterocycles. The van der Waals surface area contributed by atoms with E-state index < -0.39 is 16.9 Å². The zero-order valence-corrected chi connectivity index (χ0v) is 16.5. The molecule has 1 saturated heterocycles.